The fourth-order valence-corrected chi connectivity index (χ4v) is 4.46. The molecule has 1 aromatic rings. The summed E-state index contributed by atoms with van der Waals surface area (Å²) in [6.45, 7) is 9.31. The molecule has 2 heterocycles. The van der Waals surface area contributed by atoms with Crippen LogP contribution in [0.25, 0.3) is 0 Å². The van der Waals surface area contributed by atoms with E-state index >= 15 is 0 Å². The summed E-state index contributed by atoms with van der Waals surface area (Å²) in [5.41, 5.74) is 0.365. The Balaban J connectivity index is 1.63. The number of carbonyl (C=O) groups excluding carboxylic acids is 2. The van der Waals surface area contributed by atoms with E-state index in [0.29, 0.717) is 32.5 Å². The van der Waals surface area contributed by atoms with Gasteiger partial charge in [0.15, 0.2) is 0 Å². The first-order chi connectivity index (χ1) is 15.1. The van der Waals surface area contributed by atoms with Gasteiger partial charge in [-0.1, -0.05) is 24.0 Å². The molecule has 2 saturated heterocycles. The Kier molecular flexibility index (Phi) is 7.29. The number of aliphatic hydroxyl groups is 1. The third-order valence-electron chi connectivity index (χ3n) is 6.26. The number of likely N-dealkylation sites (N-methyl/N-ethyl adjacent to an activating group) is 2. The third kappa shape index (κ3) is 5.32. The van der Waals surface area contributed by atoms with Gasteiger partial charge in [-0.2, -0.15) is 0 Å². The monoisotopic (exact) mass is 440 g/mol. The topological polar surface area (TPSA) is 67.3 Å². The molecule has 3 amide bonds. The average molecular weight is 441 g/mol. The zero-order chi connectivity index (χ0) is 23.5. The summed E-state index contributed by atoms with van der Waals surface area (Å²) in [6, 6.07) is 7.92. The second kappa shape index (κ2) is 9.62. The van der Waals surface area contributed by atoms with Gasteiger partial charge in [0.1, 0.15) is 11.1 Å². The van der Waals surface area contributed by atoms with E-state index < -0.39 is 11.1 Å². The van der Waals surface area contributed by atoms with Crippen LogP contribution in [-0.4, -0.2) is 94.6 Å². The summed E-state index contributed by atoms with van der Waals surface area (Å²) in [6.07, 6.45) is 1.33. The van der Waals surface area contributed by atoms with Gasteiger partial charge >= 0.3 is 6.03 Å². The number of likely N-dealkylation sites (tertiary alicyclic amines) is 1. The van der Waals surface area contributed by atoms with Gasteiger partial charge in [0.05, 0.1) is 0 Å². The highest BCUT2D eigenvalue weighted by Gasteiger charge is 2.57. The summed E-state index contributed by atoms with van der Waals surface area (Å²) in [5.74, 6) is 5.79. The van der Waals surface area contributed by atoms with E-state index in [9.17, 15) is 14.7 Å². The Bertz CT molecular complexity index is 884. The van der Waals surface area contributed by atoms with Crippen molar-refractivity contribution < 1.29 is 14.7 Å². The van der Waals surface area contributed by atoms with Crippen molar-refractivity contribution in [2.45, 2.75) is 51.3 Å². The minimum atomic E-state index is -1.00. The lowest BCUT2D eigenvalue weighted by Crippen LogP contribution is -2.56. The van der Waals surface area contributed by atoms with Crippen LogP contribution in [0, 0.1) is 11.8 Å². The van der Waals surface area contributed by atoms with Crippen LogP contribution in [0.3, 0.4) is 0 Å². The van der Waals surface area contributed by atoms with E-state index in [-0.39, 0.29) is 11.9 Å². The zero-order valence-corrected chi connectivity index (χ0v) is 20.0. The maximum atomic E-state index is 13.3. The molecule has 0 radical (unpaired) electrons. The summed E-state index contributed by atoms with van der Waals surface area (Å²) in [4.78, 5) is 33.8. The minimum Gasteiger partial charge on any atom is -0.378 e. The highest BCUT2D eigenvalue weighted by atomic mass is 16.3. The first-order valence-corrected chi connectivity index (χ1v) is 11.4. The highest BCUT2D eigenvalue weighted by Crippen LogP contribution is 2.37. The molecule has 1 N–H and O–H groups in total. The fourth-order valence-electron chi connectivity index (χ4n) is 4.46. The molecule has 7 heteroatoms. The number of imide groups is 1. The maximum absolute atomic E-state index is 13.3. The van der Waals surface area contributed by atoms with Crippen LogP contribution >= 0.6 is 0 Å². The van der Waals surface area contributed by atoms with Crippen molar-refractivity contribution in [2.24, 2.45) is 0 Å². The standard InChI is InChI=1S/C25H36N4O3/c1-6-29-23(31)28(18-17-26(4)5)22(30)25(29)13-15-27(16-14-25)19-21-9-7-20(8-10-21)11-12-24(2,3)32/h7-10,32H,6,13-19H2,1-5H3. The van der Waals surface area contributed by atoms with Crippen molar-refractivity contribution >= 4 is 11.9 Å². The fraction of sp³-hybridized carbons (Fsp3) is 0.600. The number of piperidine rings is 1. The van der Waals surface area contributed by atoms with Gasteiger partial charge in [-0.05, 0) is 65.4 Å². The van der Waals surface area contributed by atoms with Gasteiger partial charge in [0.25, 0.3) is 5.91 Å². The smallest absolute Gasteiger partial charge is 0.327 e. The molecule has 174 valence electrons. The van der Waals surface area contributed by atoms with Gasteiger partial charge in [-0.25, -0.2) is 4.79 Å². The van der Waals surface area contributed by atoms with Gasteiger partial charge in [0, 0.05) is 44.8 Å². The second-order valence-corrected chi connectivity index (χ2v) is 9.60. The van der Waals surface area contributed by atoms with E-state index in [2.05, 4.69) is 28.9 Å². The molecule has 1 aromatic carbocycles. The van der Waals surface area contributed by atoms with Crippen molar-refractivity contribution in [1.82, 2.24) is 19.6 Å². The molecule has 32 heavy (non-hydrogen) atoms. The molecule has 0 bridgehead atoms. The van der Waals surface area contributed by atoms with Crippen molar-refractivity contribution in [2.75, 3.05) is 46.8 Å². The second-order valence-electron chi connectivity index (χ2n) is 9.60. The highest BCUT2D eigenvalue weighted by molar-refractivity contribution is 6.07. The first-order valence-electron chi connectivity index (χ1n) is 11.4. The number of benzene rings is 1. The van der Waals surface area contributed by atoms with E-state index in [1.54, 1.807) is 18.7 Å². The van der Waals surface area contributed by atoms with E-state index in [4.69, 9.17) is 0 Å². The SMILES string of the molecule is CCN1C(=O)N(CCN(C)C)C(=O)C12CCN(Cc1ccc(C#CC(C)(C)O)cc1)CC2. The van der Waals surface area contributed by atoms with Crippen LogP contribution in [0.2, 0.25) is 0 Å². The van der Waals surface area contributed by atoms with Gasteiger partial charge in [-0.15, -0.1) is 0 Å². The molecule has 2 aliphatic rings. The molecule has 2 fully saturated rings. The lowest BCUT2D eigenvalue weighted by atomic mass is 9.85. The summed E-state index contributed by atoms with van der Waals surface area (Å²) in [5, 5.41) is 9.75. The number of carbonyl (C=O) groups is 2. The van der Waals surface area contributed by atoms with Crippen LogP contribution in [-0.2, 0) is 11.3 Å². The molecular formula is C25H36N4O3. The van der Waals surface area contributed by atoms with Crippen molar-refractivity contribution in [3.8, 4) is 11.8 Å². The Labute approximate surface area is 192 Å². The minimum absolute atomic E-state index is 0.0272. The van der Waals surface area contributed by atoms with Crippen LogP contribution in [0.4, 0.5) is 4.79 Å². The summed E-state index contributed by atoms with van der Waals surface area (Å²) in [7, 11) is 3.90. The Morgan fingerprint density at radius 1 is 1.12 bits per heavy atom. The summed E-state index contributed by atoms with van der Waals surface area (Å²) < 4.78 is 0. The maximum Gasteiger partial charge on any atom is 0.327 e. The van der Waals surface area contributed by atoms with Crippen LogP contribution < -0.4 is 0 Å². The van der Waals surface area contributed by atoms with Crippen LogP contribution in [0.1, 0.15) is 44.7 Å². The number of rotatable bonds is 6. The molecule has 0 atom stereocenters. The predicted octanol–water partition coefficient (Wildman–Crippen LogP) is 1.99. The van der Waals surface area contributed by atoms with Crippen molar-refractivity contribution in [3.63, 3.8) is 0 Å². The van der Waals surface area contributed by atoms with Crippen LogP contribution in [0.15, 0.2) is 24.3 Å². The average Bonchev–Trinajstić information content (AvgIpc) is 2.92. The third-order valence-corrected chi connectivity index (χ3v) is 6.26. The van der Waals surface area contributed by atoms with Crippen molar-refractivity contribution in [3.05, 3.63) is 35.4 Å². The Morgan fingerprint density at radius 2 is 1.75 bits per heavy atom. The van der Waals surface area contributed by atoms with E-state index in [0.717, 1.165) is 25.2 Å². The first kappa shape index (κ1) is 24.2. The molecule has 3 rings (SSSR count). The molecule has 1 spiro atoms. The number of hydrogen-bond acceptors (Lipinski definition) is 5. The Morgan fingerprint density at radius 3 is 2.28 bits per heavy atom. The number of nitrogens with zero attached hydrogens (tertiary/aromatic N) is 4. The largest absolute Gasteiger partial charge is 0.378 e. The van der Waals surface area contributed by atoms with Gasteiger partial charge in [0.2, 0.25) is 0 Å². The Hall–Kier alpha value is -2.40. The predicted molar refractivity (Wildman–Crippen MR) is 125 cm³/mol. The normalized spacial score (nSPS) is 19.1. The quantitative estimate of drug-likeness (QED) is 0.541. The lowest BCUT2D eigenvalue weighted by molar-refractivity contribution is -0.135. The van der Waals surface area contributed by atoms with E-state index in [1.807, 2.05) is 38.1 Å². The van der Waals surface area contributed by atoms with Crippen molar-refractivity contribution in [1.29, 1.82) is 0 Å². The van der Waals surface area contributed by atoms with Crippen LogP contribution in [0.5, 0.6) is 0 Å². The molecule has 0 unspecified atom stereocenters. The molecule has 0 aromatic heterocycles. The lowest BCUT2D eigenvalue weighted by Gasteiger charge is -2.42. The summed E-state index contributed by atoms with van der Waals surface area (Å²) >= 11 is 0. The zero-order valence-electron chi connectivity index (χ0n) is 20.0. The van der Waals surface area contributed by atoms with Gasteiger partial charge in [-0.3, -0.25) is 14.6 Å². The van der Waals surface area contributed by atoms with E-state index in [1.165, 1.54) is 10.5 Å². The molecule has 2 aliphatic heterocycles. The number of urea groups is 1. The molecule has 0 saturated carbocycles. The number of hydrogen-bond donors (Lipinski definition) is 1. The molecular weight excluding hydrogens is 404 g/mol. The molecule has 0 aliphatic carbocycles. The van der Waals surface area contributed by atoms with Gasteiger partial charge < -0.3 is 14.9 Å². The number of amides is 3. The molecule has 7 nitrogen and oxygen atoms in total.